The second-order valence-corrected chi connectivity index (χ2v) is 7.69. The van der Waals surface area contributed by atoms with Crippen LogP contribution in [0.1, 0.15) is 45.4 Å². The summed E-state index contributed by atoms with van der Waals surface area (Å²) in [5, 5.41) is 0. The molecule has 1 amide bonds. The van der Waals surface area contributed by atoms with Gasteiger partial charge in [-0.3, -0.25) is 4.79 Å². The molecule has 2 heteroatoms. The highest BCUT2D eigenvalue weighted by Gasteiger charge is 2.52. The molecule has 2 nitrogen and oxygen atoms in total. The standard InChI is InChI=1S/C16H25NO/c1-9-3-14(9)16(18)17(2)15-12-5-10-4-11(7-12)8-13(15)6-10/h9-15H,3-8H2,1-2H3/t9-,10?,11?,12?,13?,14-,15?/m1/s1. The van der Waals surface area contributed by atoms with Crippen molar-refractivity contribution >= 4 is 5.91 Å². The van der Waals surface area contributed by atoms with E-state index < -0.39 is 0 Å². The van der Waals surface area contributed by atoms with Gasteiger partial charge >= 0.3 is 0 Å². The molecule has 0 heterocycles. The number of hydrogen-bond acceptors (Lipinski definition) is 1. The van der Waals surface area contributed by atoms with Crippen molar-refractivity contribution in [2.75, 3.05) is 7.05 Å². The second-order valence-electron chi connectivity index (χ2n) is 7.69. The SMILES string of the molecule is C[C@@H]1C[C@H]1C(=O)N(C)C1C2CC3CC(C2)CC1C3. The van der Waals surface area contributed by atoms with Crippen molar-refractivity contribution in [2.45, 2.75) is 51.5 Å². The van der Waals surface area contributed by atoms with Crippen LogP contribution in [0.2, 0.25) is 0 Å². The monoisotopic (exact) mass is 247 g/mol. The molecule has 5 fully saturated rings. The average Bonchev–Trinajstić information content (AvgIpc) is 3.03. The zero-order chi connectivity index (χ0) is 12.4. The van der Waals surface area contributed by atoms with Gasteiger partial charge in [0.05, 0.1) is 0 Å². The van der Waals surface area contributed by atoms with E-state index in [4.69, 9.17) is 0 Å². The van der Waals surface area contributed by atoms with Gasteiger partial charge in [-0.25, -0.2) is 0 Å². The van der Waals surface area contributed by atoms with Crippen LogP contribution >= 0.6 is 0 Å². The molecule has 0 aliphatic heterocycles. The van der Waals surface area contributed by atoms with E-state index in [1.54, 1.807) is 0 Å². The first-order valence-corrected chi connectivity index (χ1v) is 7.90. The third-order valence-electron chi connectivity index (χ3n) is 6.40. The highest BCUT2D eigenvalue weighted by molar-refractivity contribution is 5.81. The predicted molar refractivity (Wildman–Crippen MR) is 70.9 cm³/mol. The van der Waals surface area contributed by atoms with Gasteiger partial charge in [-0.1, -0.05) is 6.92 Å². The van der Waals surface area contributed by atoms with Gasteiger partial charge in [-0.15, -0.1) is 0 Å². The highest BCUT2D eigenvalue weighted by Crippen LogP contribution is 2.55. The van der Waals surface area contributed by atoms with Gasteiger partial charge in [-0.05, 0) is 68.1 Å². The summed E-state index contributed by atoms with van der Waals surface area (Å²) in [4.78, 5) is 14.6. The van der Waals surface area contributed by atoms with E-state index in [9.17, 15) is 4.79 Å². The smallest absolute Gasteiger partial charge is 0.225 e. The van der Waals surface area contributed by atoms with Crippen molar-refractivity contribution in [3.05, 3.63) is 0 Å². The molecule has 0 aromatic carbocycles. The lowest BCUT2D eigenvalue weighted by molar-refractivity contribution is -0.142. The Hall–Kier alpha value is -0.530. The van der Waals surface area contributed by atoms with Crippen molar-refractivity contribution in [1.29, 1.82) is 0 Å². The third-order valence-corrected chi connectivity index (χ3v) is 6.40. The van der Waals surface area contributed by atoms with Crippen LogP contribution in [0.5, 0.6) is 0 Å². The van der Waals surface area contributed by atoms with Crippen molar-refractivity contribution in [3.63, 3.8) is 0 Å². The largest absolute Gasteiger partial charge is 0.342 e. The molecule has 5 aliphatic rings. The Labute approximate surface area is 110 Å². The summed E-state index contributed by atoms with van der Waals surface area (Å²) in [5.41, 5.74) is 0. The maximum absolute atomic E-state index is 12.5. The van der Waals surface area contributed by atoms with E-state index in [-0.39, 0.29) is 0 Å². The Morgan fingerprint density at radius 3 is 1.89 bits per heavy atom. The zero-order valence-corrected chi connectivity index (χ0v) is 11.6. The van der Waals surface area contributed by atoms with Crippen molar-refractivity contribution in [2.24, 2.45) is 35.5 Å². The van der Waals surface area contributed by atoms with Crippen LogP contribution in [0.3, 0.4) is 0 Å². The van der Waals surface area contributed by atoms with Crippen LogP contribution in [0.4, 0.5) is 0 Å². The minimum Gasteiger partial charge on any atom is -0.342 e. The van der Waals surface area contributed by atoms with Crippen LogP contribution in [0.25, 0.3) is 0 Å². The number of rotatable bonds is 2. The van der Waals surface area contributed by atoms with Crippen molar-refractivity contribution in [1.82, 2.24) is 4.90 Å². The molecule has 0 spiro atoms. The summed E-state index contributed by atoms with van der Waals surface area (Å²) in [5.74, 6) is 5.16. The van der Waals surface area contributed by atoms with E-state index in [1.165, 1.54) is 32.1 Å². The molecule has 5 aliphatic carbocycles. The summed E-state index contributed by atoms with van der Waals surface area (Å²) >= 11 is 0. The minimum absolute atomic E-state index is 0.368. The Bertz CT molecular complexity index is 349. The molecule has 5 rings (SSSR count). The Balaban J connectivity index is 1.52. The maximum Gasteiger partial charge on any atom is 0.225 e. The summed E-state index contributed by atoms with van der Waals surface area (Å²) in [6, 6.07) is 0.595. The normalized spacial score (nSPS) is 52.4. The molecule has 0 saturated heterocycles. The van der Waals surface area contributed by atoms with Crippen LogP contribution in [-0.4, -0.2) is 23.9 Å². The summed E-state index contributed by atoms with van der Waals surface area (Å²) in [7, 11) is 2.10. The fourth-order valence-electron chi connectivity index (χ4n) is 5.60. The molecule has 0 radical (unpaired) electrons. The lowest BCUT2D eigenvalue weighted by atomic mass is 9.54. The molecule has 4 bridgehead atoms. The predicted octanol–water partition coefficient (Wildman–Crippen LogP) is 2.93. The molecule has 100 valence electrons. The molecule has 0 aromatic rings. The first kappa shape index (κ1) is 11.3. The van der Waals surface area contributed by atoms with Gasteiger partial charge in [0.2, 0.25) is 5.91 Å². The molecule has 5 saturated carbocycles. The van der Waals surface area contributed by atoms with Gasteiger partial charge < -0.3 is 4.90 Å². The van der Waals surface area contributed by atoms with Crippen molar-refractivity contribution in [3.8, 4) is 0 Å². The fraction of sp³-hybridized carbons (Fsp3) is 0.938. The summed E-state index contributed by atoms with van der Waals surface area (Å²) in [6.07, 6.45) is 8.28. The molecular weight excluding hydrogens is 222 g/mol. The number of nitrogens with zero attached hydrogens (tertiary/aromatic N) is 1. The third kappa shape index (κ3) is 1.57. The van der Waals surface area contributed by atoms with E-state index in [2.05, 4.69) is 18.9 Å². The molecular formula is C16H25NO. The second kappa shape index (κ2) is 3.74. The van der Waals surface area contributed by atoms with Gasteiger partial charge in [0, 0.05) is 19.0 Å². The number of carbonyl (C=O) groups excluding carboxylic acids is 1. The van der Waals surface area contributed by atoms with E-state index in [1.807, 2.05) is 0 Å². The van der Waals surface area contributed by atoms with Crippen LogP contribution < -0.4 is 0 Å². The van der Waals surface area contributed by atoms with Gasteiger partial charge in [0.1, 0.15) is 0 Å². The average molecular weight is 247 g/mol. The van der Waals surface area contributed by atoms with Gasteiger partial charge in [0.15, 0.2) is 0 Å². The summed E-state index contributed by atoms with van der Waals surface area (Å²) < 4.78 is 0. The lowest BCUT2D eigenvalue weighted by Crippen LogP contribution is -2.56. The first-order chi connectivity index (χ1) is 8.63. The molecule has 0 aromatic heterocycles. The molecule has 0 unspecified atom stereocenters. The quantitative estimate of drug-likeness (QED) is 0.734. The zero-order valence-electron chi connectivity index (χ0n) is 11.6. The first-order valence-electron chi connectivity index (χ1n) is 7.90. The lowest BCUT2D eigenvalue weighted by Gasteiger charge is -2.56. The van der Waals surface area contributed by atoms with Gasteiger partial charge in [-0.2, -0.15) is 0 Å². The van der Waals surface area contributed by atoms with E-state index in [0.717, 1.165) is 30.1 Å². The van der Waals surface area contributed by atoms with E-state index in [0.29, 0.717) is 23.8 Å². The van der Waals surface area contributed by atoms with Crippen LogP contribution in [0, 0.1) is 35.5 Å². The number of carbonyl (C=O) groups is 1. The van der Waals surface area contributed by atoms with Crippen molar-refractivity contribution < 1.29 is 4.79 Å². The van der Waals surface area contributed by atoms with E-state index >= 15 is 0 Å². The molecule has 2 atom stereocenters. The minimum atomic E-state index is 0.368. The van der Waals surface area contributed by atoms with Crippen LogP contribution in [0.15, 0.2) is 0 Å². The highest BCUT2D eigenvalue weighted by atomic mass is 16.2. The maximum atomic E-state index is 12.5. The number of hydrogen-bond donors (Lipinski definition) is 0. The molecule has 0 N–H and O–H groups in total. The fourth-order valence-corrected chi connectivity index (χ4v) is 5.60. The number of amides is 1. The topological polar surface area (TPSA) is 20.3 Å². The Kier molecular flexibility index (Phi) is 2.35. The Morgan fingerprint density at radius 2 is 1.44 bits per heavy atom. The van der Waals surface area contributed by atoms with Gasteiger partial charge in [0.25, 0.3) is 0 Å². The van der Waals surface area contributed by atoms with Crippen LogP contribution in [-0.2, 0) is 4.79 Å². The Morgan fingerprint density at radius 1 is 0.944 bits per heavy atom. The molecule has 18 heavy (non-hydrogen) atoms. The summed E-state index contributed by atoms with van der Waals surface area (Å²) in [6.45, 7) is 2.22.